The predicted octanol–water partition coefficient (Wildman–Crippen LogP) is 5.25. The molecule has 18 heavy (non-hydrogen) atoms. The number of hydrogen-bond acceptors (Lipinski definition) is 0. The lowest BCUT2D eigenvalue weighted by atomic mass is 9.90. The smallest absolute Gasteiger partial charge is 0.0102 e. The summed E-state index contributed by atoms with van der Waals surface area (Å²) in [6, 6.07) is 17.6. The van der Waals surface area contributed by atoms with Gasteiger partial charge in [0.05, 0.1) is 0 Å². The maximum absolute atomic E-state index is 2.26. The van der Waals surface area contributed by atoms with Crippen molar-refractivity contribution in [2.45, 2.75) is 26.7 Å². The molecule has 0 amide bonds. The fourth-order valence-corrected chi connectivity index (χ4v) is 2.96. The number of aryl methyl sites for hydroxylation is 2. The Bertz CT molecular complexity index is 708. The fourth-order valence-electron chi connectivity index (χ4n) is 2.96. The van der Waals surface area contributed by atoms with Crippen LogP contribution < -0.4 is 0 Å². The van der Waals surface area contributed by atoms with Gasteiger partial charge in [0.15, 0.2) is 0 Å². The maximum atomic E-state index is 2.26. The molecule has 0 radical (unpaired) electrons. The van der Waals surface area contributed by atoms with Gasteiger partial charge in [-0.3, -0.25) is 0 Å². The minimum Gasteiger partial charge on any atom is -0.0651 e. The van der Waals surface area contributed by atoms with Crippen LogP contribution in [-0.4, -0.2) is 0 Å². The van der Waals surface area contributed by atoms with Crippen molar-refractivity contribution in [2.75, 3.05) is 0 Å². The van der Waals surface area contributed by atoms with Gasteiger partial charge < -0.3 is 0 Å². The molecule has 0 atom stereocenters. The van der Waals surface area contributed by atoms with Crippen molar-refractivity contribution in [3.05, 3.63) is 59.7 Å². The van der Waals surface area contributed by atoms with E-state index in [9.17, 15) is 0 Å². The molecule has 3 aromatic carbocycles. The van der Waals surface area contributed by atoms with Gasteiger partial charge in [-0.15, -0.1) is 0 Å². The van der Waals surface area contributed by atoms with Gasteiger partial charge >= 0.3 is 0 Å². The van der Waals surface area contributed by atoms with E-state index in [2.05, 4.69) is 62.4 Å². The molecule has 90 valence electrons. The van der Waals surface area contributed by atoms with Gasteiger partial charge in [0.1, 0.15) is 0 Å². The van der Waals surface area contributed by atoms with E-state index in [-0.39, 0.29) is 0 Å². The quantitative estimate of drug-likeness (QED) is 0.531. The zero-order chi connectivity index (χ0) is 12.5. The first kappa shape index (κ1) is 11.3. The van der Waals surface area contributed by atoms with Gasteiger partial charge in [0, 0.05) is 0 Å². The Labute approximate surface area is 108 Å². The summed E-state index contributed by atoms with van der Waals surface area (Å²) in [5.41, 5.74) is 2.97. The molecule has 0 nitrogen and oxygen atoms in total. The highest BCUT2D eigenvalue weighted by Crippen LogP contribution is 2.32. The Morgan fingerprint density at radius 3 is 1.83 bits per heavy atom. The van der Waals surface area contributed by atoms with E-state index >= 15 is 0 Å². The monoisotopic (exact) mass is 234 g/mol. The highest BCUT2D eigenvalue weighted by molar-refractivity contribution is 6.10. The Morgan fingerprint density at radius 2 is 1.22 bits per heavy atom. The highest BCUT2D eigenvalue weighted by atomic mass is 14.1. The molecular formula is C18H18. The fraction of sp³-hybridized carbons (Fsp3) is 0.222. The van der Waals surface area contributed by atoms with Gasteiger partial charge in [-0.1, -0.05) is 61.9 Å². The molecule has 3 aromatic rings. The molecule has 0 aliphatic carbocycles. The summed E-state index contributed by atoms with van der Waals surface area (Å²) in [5, 5.41) is 5.60. The van der Waals surface area contributed by atoms with Crippen molar-refractivity contribution in [1.82, 2.24) is 0 Å². The predicted molar refractivity (Wildman–Crippen MR) is 80.2 cm³/mol. The van der Waals surface area contributed by atoms with Crippen LogP contribution in [0.4, 0.5) is 0 Å². The lowest BCUT2D eigenvalue weighted by Crippen LogP contribution is -1.93. The summed E-state index contributed by atoms with van der Waals surface area (Å²) in [5.74, 6) is 0. The molecule has 3 rings (SSSR count). The standard InChI is InChI=1S/C18H18/c1-3-8-14-13(2)15-9-4-5-11-17(15)18-12-7-6-10-16(14)18/h4-7,9-12H,3,8H2,1-2H3. The second-order valence-electron chi connectivity index (χ2n) is 4.94. The zero-order valence-corrected chi connectivity index (χ0v) is 11.0. The van der Waals surface area contributed by atoms with Crippen LogP contribution in [0, 0.1) is 6.92 Å². The van der Waals surface area contributed by atoms with E-state index in [1.54, 1.807) is 0 Å². The van der Waals surface area contributed by atoms with Gasteiger partial charge in [-0.25, -0.2) is 0 Å². The maximum Gasteiger partial charge on any atom is -0.0102 e. The van der Waals surface area contributed by atoms with E-state index in [1.807, 2.05) is 0 Å². The lowest BCUT2D eigenvalue weighted by molar-refractivity contribution is 0.923. The van der Waals surface area contributed by atoms with Crippen molar-refractivity contribution in [3.63, 3.8) is 0 Å². The summed E-state index contributed by atoms with van der Waals surface area (Å²) in [7, 11) is 0. The molecule has 0 unspecified atom stereocenters. The minimum atomic E-state index is 1.16. The van der Waals surface area contributed by atoms with Gasteiger partial charge in [0.2, 0.25) is 0 Å². The first-order valence-corrected chi connectivity index (χ1v) is 6.72. The highest BCUT2D eigenvalue weighted by Gasteiger charge is 2.09. The normalized spacial score (nSPS) is 11.2. The number of hydrogen-bond donors (Lipinski definition) is 0. The Morgan fingerprint density at radius 1 is 0.722 bits per heavy atom. The molecule has 0 spiro atoms. The average Bonchev–Trinajstić information content (AvgIpc) is 2.43. The van der Waals surface area contributed by atoms with Crippen molar-refractivity contribution in [2.24, 2.45) is 0 Å². The molecule has 0 heterocycles. The Balaban J connectivity index is 2.53. The van der Waals surface area contributed by atoms with Crippen molar-refractivity contribution < 1.29 is 0 Å². The largest absolute Gasteiger partial charge is 0.0651 e. The Kier molecular flexibility index (Phi) is 2.79. The van der Waals surface area contributed by atoms with E-state index in [4.69, 9.17) is 0 Å². The second-order valence-corrected chi connectivity index (χ2v) is 4.94. The van der Waals surface area contributed by atoms with Crippen LogP contribution in [0.2, 0.25) is 0 Å². The summed E-state index contributed by atoms with van der Waals surface area (Å²) < 4.78 is 0. The Hall–Kier alpha value is -1.82. The van der Waals surface area contributed by atoms with Crippen LogP contribution >= 0.6 is 0 Å². The summed E-state index contributed by atoms with van der Waals surface area (Å²) in [6.07, 6.45) is 2.36. The first-order chi connectivity index (χ1) is 8.83. The van der Waals surface area contributed by atoms with Crippen molar-refractivity contribution in [3.8, 4) is 0 Å². The topological polar surface area (TPSA) is 0 Å². The molecular weight excluding hydrogens is 216 g/mol. The molecule has 0 saturated carbocycles. The van der Waals surface area contributed by atoms with Crippen LogP contribution in [0.15, 0.2) is 48.5 Å². The number of fused-ring (bicyclic) bond motifs is 3. The van der Waals surface area contributed by atoms with Crippen molar-refractivity contribution in [1.29, 1.82) is 0 Å². The number of benzene rings is 3. The van der Waals surface area contributed by atoms with E-state index in [0.717, 1.165) is 6.42 Å². The SMILES string of the molecule is CCCc1c(C)c2ccccc2c2ccccc12. The average molecular weight is 234 g/mol. The first-order valence-electron chi connectivity index (χ1n) is 6.72. The molecule has 0 heteroatoms. The summed E-state index contributed by atoms with van der Waals surface area (Å²) in [6.45, 7) is 4.52. The molecule has 0 aromatic heterocycles. The van der Waals surface area contributed by atoms with Crippen LogP contribution in [0.3, 0.4) is 0 Å². The molecule has 0 fully saturated rings. The third-order valence-electron chi connectivity index (χ3n) is 3.83. The van der Waals surface area contributed by atoms with Gasteiger partial charge in [-0.2, -0.15) is 0 Å². The van der Waals surface area contributed by atoms with E-state index < -0.39 is 0 Å². The zero-order valence-electron chi connectivity index (χ0n) is 11.0. The third kappa shape index (κ3) is 1.60. The van der Waals surface area contributed by atoms with Crippen molar-refractivity contribution >= 4 is 21.5 Å². The summed E-state index contributed by atoms with van der Waals surface area (Å²) >= 11 is 0. The molecule has 0 saturated heterocycles. The molecule has 0 N–H and O–H groups in total. The van der Waals surface area contributed by atoms with E-state index in [1.165, 1.54) is 39.1 Å². The van der Waals surface area contributed by atoms with Crippen LogP contribution in [0.25, 0.3) is 21.5 Å². The lowest BCUT2D eigenvalue weighted by Gasteiger charge is -2.14. The minimum absolute atomic E-state index is 1.16. The summed E-state index contributed by atoms with van der Waals surface area (Å²) in [4.78, 5) is 0. The van der Waals surface area contributed by atoms with Crippen LogP contribution in [0.1, 0.15) is 24.5 Å². The van der Waals surface area contributed by atoms with Crippen LogP contribution in [0.5, 0.6) is 0 Å². The molecule has 0 aliphatic rings. The van der Waals surface area contributed by atoms with Gasteiger partial charge in [0.25, 0.3) is 0 Å². The number of rotatable bonds is 2. The van der Waals surface area contributed by atoms with Crippen LogP contribution in [-0.2, 0) is 6.42 Å². The van der Waals surface area contributed by atoms with E-state index in [0.29, 0.717) is 0 Å². The molecule has 0 bridgehead atoms. The second kappa shape index (κ2) is 4.45. The molecule has 0 aliphatic heterocycles. The van der Waals surface area contributed by atoms with Gasteiger partial charge in [-0.05, 0) is 46.0 Å². The third-order valence-corrected chi connectivity index (χ3v) is 3.83.